The lowest BCUT2D eigenvalue weighted by Gasteiger charge is -2.15. The molecule has 10 heteroatoms. The van der Waals surface area contributed by atoms with E-state index in [-0.39, 0.29) is 23.9 Å². The van der Waals surface area contributed by atoms with Crippen molar-refractivity contribution in [2.75, 3.05) is 10.2 Å². The molecule has 1 fully saturated rings. The summed E-state index contributed by atoms with van der Waals surface area (Å²) in [4.78, 5) is 57.5. The predicted octanol–water partition coefficient (Wildman–Crippen LogP) is 5.57. The Morgan fingerprint density at radius 1 is 0.927 bits per heavy atom. The summed E-state index contributed by atoms with van der Waals surface area (Å²) in [6, 6.07) is 25.5. The number of aromatic nitrogens is 1. The molecule has 0 aliphatic carbocycles. The second-order valence-electron chi connectivity index (χ2n) is 9.00. The minimum Gasteiger partial charge on any atom is -0.321 e. The van der Waals surface area contributed by atoms with E-state index >= 15 is 0 Å². The molecule has 2 N–H and O–H groups in total. The van der Waals surface area contributed by atoms with Crippen molar-refractivity contribution < 1.29 is 19.2 Å². The van der Waals surface area contributed by atoms with Crippen LogP contribution in [0.15, 0.2) is 114 Å². The molecule has 2 heterocycles. The first kappa shape index (κ1) is 27.8. The molecule has 1 aliphatic rings. The van der Waals surface area contributed by atoms with Gasteiger partial charge in [-0.2, -0.15) is 0 Å². The standard InChI is InChI=1S/C31H23ClN4O4S/c32-22-8-12-24(13-9-22)36-28(37)18-27(31(36)40)41-25-14-10-23(11-15-25)34-30(39)26(17-20-5-4-16-33-19-20)35-29(38)21-6-2-1-3-7-21/h1-17,19,27H,18H2,(H,34,39)(H,35,38)/b26-17-. The van der Waals surface area contributed by atoms with Crippen LogP contribution < -0.4 is 15.5 Å². The first-order valence-corrected chi connectivity index (χ1v) is 13.8. The highest BCUT2D eigenvalue weighted by Crippen LogP contribution is 2.34. The topological polar surface area (TPSA) is 108 Å². The fourth-order valence-electron chi connectivity index (χ4n) is 4.11. The predicted molar refractivity (Wildman–Crippen MR) is 159 cm³/mol. The number of hydrogen-bond donors (Lipinski definition) is 2. The number of carbonyl (C=O) groups is 4. The third-order valence-corrected chi connectivity index (χ3v) is 7.55. The van der Waals surface area contributed by atoms with Gasteiger partial charge in [0, 0.05) is 40.0 Å². The van der Waals surface area contributed by atoms with Crippen molar-refractivity contribution in [3.63, 3.8) is 0 Å². The van der Waals surface area contributed by atoms with Crippen molar-refractivity contribution >= 4 is 64.4 Å². The quantitative estimate of drug-likeness (QED) is 0.208. The highest BCUT2D eigenvalue weighted by molar-refractivity contribution is 8.00. The Bertz CT molecular complexity index is 1610. The number of thioether (sulfide) groups is 1. The van der Waals surface area contributed by atoms with Crippen molar-refractivity contribution in [2.45, 2.75) is 16.6 Å². The summed E-state index contributed by atoms with van der Waals surface area (Å²) in [6.45, 7) is 0. The number of anilines is 2. The maximum atomic E-state index is 13.2. The van der Waals surface area contributed by atoms with Gasteiger partial charge in [-0.25, -0.2) is 4.90 Å². The van der Waals surface area contributed by atoms with Gasteiger partial charge in [0.2, 0.25) is 11.8 Å². The van der Waals surface area contributed by atoms with Crippen LogP contribution in [0, 0.1) is 0 Å². The molecule has 1 saturated heterocycles. The number of hydrogen-bond acceptors (Lipinski definition) is 6. The maximum Gasteiger partial charge on any atom is 0.272 e. The lowest BCUT2D eigenvalue weighted by atomic mass is 10.2. The summed E-state index contributed by atoms with van der Waals surface area (Å²) in [5.74, 6) is -1.51. The van der Waals surface area contributed by atoms with Crippen molar-refractivity contribution in [2.24, 2.45) is 0 Å². The van der Waals surface area contributed by atoms with Gasteiger partial charge in [-0.1, -0.05) is 35.9 Å². The molecule has 0 radical (unpaired) electrons. The highest BCUT2D eigenvalue weighted by Gasteiger charge is 2.40. The second kappa shape index (κ2) is 12.6. The van der Waals surface area contributed by atoms with E-state index in [2.05, 4.69) is 15.6 Å². The number of imide groups is 1. The molecule has 1 aliphatic heterocycles. The molecule has 204 valence electrons. The van der Waals surface area contributed by atoms with Crippen LogP contribution in [0.5, 0.6) is 0 Å². The number of amides is 4. The molecule has 0 saturated carbocycles. The molecule has 1 atom stereocenters. The summed E-state index contributed by atoms with van der Waals surface area (Å²) in [5, 5.41) is 5.43. The molecule has 1 aromatic heterocycles. The third kappa shape index (κ3) is 6.89. The van der Waals surface area contributed by atoms with Crippen LogP contribution in [0.1, 0.15) is 22.3 Å². The Morgan fingerprint density at radius 2 is 1.66 bits per heavy atom. The number of nitrogens with one attached hydrogen (secondary N) is 2. The number of halogens is 1. The molecule has 4 amide bonds. The van der Waals surface area contributed by atoms with E-state index in [4.69, 9.17) is 11.6 Å². The fourth-order valence-corrected chi connectivity index (χ4v) is 5.29. The number of nitrogens with zero attached hydrogens (tertiary/aromatic N) is 2. The van der Waals surface area contributed by atoms with Gasteiger partial charge < -0.3 is 10.6 Å². The van der Waals surface area contributed by atoms with Crippen LogP contribution in [0.2, 0.25) is 5.02 Å². The van der Waals surface area contributed by atoms with Crippen molar-refractivity contribution in [3.05, 3.63) is 125 Å². The number of carbonyl (C=O) groups excluding carboxylic acids is 4. The zero-order valence-electron chi connectivity index (χ0n) is 21.5. The molecule has 5 rings (SSSR count). The molecule has 3 aromatic carbocycles. The zero-order valence-corrected chi connectivity index (χ0v) is 23.1. The Balaban J connectivity index is 1.26. The maximum absolute atomic E-state index is 13.2. The van der Waals surface area contributed by atoms with Gasteiger partial charge in [0.15, 0.2) is 0 Å². The third-order valence-electron chi connectivity index (χ3n) is 6.10. The highest BCUT2D eigenvalue weighted by atomic mass is 35.5. The minimum absolute atomic E-state index is 0.0441. The lowest BCUT2D eigenvalue weighted by Crippen LogP contribution is -2.31. The smallest absolute Gasteiger partial charge is 0.272 e. The number of pyridine rings is 1. The van der Waals surface area contributed by atoms with E-state index in [0.29, 0.717) is 27.5 Å². The van der Waals surface area contributed by atoms with Gasteiger partial charge >= 0.3 is 0 Å². The zero-order chi connectivity index (χ0) is 28.8. The molecule has 4 aromatic rings. The van der Waals surface area contributed by atoms with E-state index in [1.165, 1.54) is 16.7 Å². The van der Waals surface area contributed by atoms with E-state index in [1.54, 1.807) is 109 Å². The van der Waals surface area contributed by atoms with Crippen LogP contribution >= 0.6 is 23.4 Å². The van der Waals surface area contributed by atoms with E-state index < -0.39 is 17.1 Å². The number of rotatable bonds is 8. The summed E-state index contributed by atoms with van der Waals surface area (Å²) in [7, 11) is 0. The Hall–Kier alpha value is -4.73. The molecular formula is C31H23ClN4O4S. The van der Waals surface area contributed by atoms with E-state index in [0.717, 1.165) is 4.90 Å². The van der Waals surface area contributed by atoms with Crippen LogP contribution in [-0.4, -0.2) is 33.9 Å². The van der Waals surface area contributed by atoms with Gasteiger partial charge in [-0.05, 0) is 78.4 Å². The molecule has 0 bridgehead atoms. The van der Waals surface area contributed by atoms with Gasteiger partial charge in [0.05, 0.1) is 10.9 Å². The monoisotopic (exact) mass is 582 g/mol. The summed E-state index contributed by atoms with van der Waals surface area (Å²) in [6.07, 6.45) is 4.82. The molecule has 8 nitrogen and oxygen atoms in total. The van der Waals surface area contributed by atoms with E-state index in [1.807, 2.05) is 0 Å². The molecule has 41 heavy (non-hydrogen) atoms. The first-order valence-electron chi connectivity index (χ1n) is 12.6. The first-order chi connectivity index (χ1) is 19.9. The molecule has 1 unspecified atom stereocenters. The van der Waals surface area contributed by atoms with Crippen LogP contribution in [0.4, 0.5) is 11.4 Å². The Labute approximate surface area is 245 Å². The van der Waals surface area contributed by atoms with Gasteiger partial charge in [0.25, 0.3) is 11.8 Å². The fraction of sp³-hybridized carbons (Fsp3) is 0.0645. The van der Waals surface area contributed by atoms with Crippen molar-refractivity contribution in [3.8, 4) is 0 Å². The van der Waals surface area contributed by atoms with Crippen molar-refractivity contribution in [1.82, 2.24) is 10.3 Å². The average Bonchev–Trinajstić information content (AvgIpc) is 3.27. The number of benzene rings is 3. The van der Waals surface area contributed by atoms with Crippen molar-refractivity contribution in [1.29, 1.82) is 0 Å². The van der Waals surface area contributed by atoms with Crippen LogP contribution in [-0.2, 0) is 14.4 Å². The van der Waals surface area contributed by atoms with Gasteiger partial charge in [-0.15, -0.1) is 11.8 Å². The lowest BCUT2D eigenvalue weighted by molar-refractivity contribution is -0.121. The van der Waals surface area contributed by atoms with Crippen LogP contribution in [0.25, 0.3) is 6.08 Å². The summed E-state index contributed by atoms with van der Waals surface area (Å²) < 4.78 is 0. The normalized spacial score (nSPS) is 15.1. The van der Waals surface area contributed by atoms with Gasteiger partial charge in [-0.3, -0.25) is 24.2 Å². The Kier molecular flexibility index (Phi) is 8.57. The average molecular weight is 583 g/mol. The van der Waals surface area contributed by atoms with Gasteiger partial charge in [0.1, 0.15) is 5.70 Å². The minimum atomic E-state index is -0.569. The molecular weight excluding hydrogens is 560 g/mol. The second-order valence-corrected chi connectivity index (χ2v) is 10.7. The SMILES string of the molecule is O=C(Nc1ccc(SC2CC(=O)N(c3ccc(Cl)cc3)C2=O)cc1)/C(=C/c1cccnc1)NC(=O)c1ccccc1. The summed E-state index contributed by atoms with van der Waals surface area (Å²) in [5.41, 5.74) is 2.07. The van der Waals surface area contributed by atoms with E-state index in [9.17, 15) is 19.2 Å². The van der Waals surface area contributed by atoms with Crippen LogP contribution in [0.3, 0.4) is 0 Å². The largest absolute Gasteiger partial charge is 0.321 e. The summed E-state index contributed by atoms with van der Waals surface area (Å²) >= 11 is 7.21. The molecule has 0 spiro atoms. The Morgan fingerprint density at radius 3 is 2.34 bits per heavy atom.